The molecular formula is C21H27FN4O2. The summed E-state index contributed by atoms with van der Waals surface area (Å²) < 4.78 is 15.5. The predicted octanol–water partition coefficient (Wildman–Crippen LogP) is 3.00. The first-order valence-corrected chi connectivity index (χ1v) is 9.66. The Morgan fingerprint density at radius 3 is 2.57 bits per heavy atom. The van der Waals surface area contributed by atoms with Gasteiger partial charge in [0.2, 0.25) is 5.91 Å². The number of aromatic nitrogens is 1. The largest absolute Gasteiger partial charge is 0.348 e. The van der Waals surface area contributed by atoms with Crippen molar-refractivity contribution in [2.24, 2.45) is 0 Å². The Kier molecular flexibility index (Phi) is 6.02. The van der Waals surface area contributed by atoms with Crippen molar-refractivity contribution in [3.05, 3.63) is 59.7 Å². The number of fused-ring (bicyclic) bond motifs is 1. The van der Waals surface area contributed by atoms with Crippen LogP contribution >= 0.6 is 0 Å². The predicted molar refractivity (Wildman–Crippen MR) is 105 cm³/mol. The summed E-state index contributed by atoms with van der Waals surface area (Å²) in [4.78, 5) is 28.9. The SMILES string of the molecule is CCNC(=O)N(CC(=O)N1CCn2cccc2[C@H]1c1ccc(F)cc1)C(C)C. The summed E-state index contributed by atoms with van der Waals surface area (Å²) in [6.07, 6.45) is 1.99. The van der Waals surface area contributed by atoms with E-state index >= 15 is 0 Å². The number of carbonyl (C=O) groups excluding carboxylic acids is 2. The van der Waals surface area contributed by atoms with E-state index in [9.17, 15) is 14.0 Å². The molecule has 0 aliphatic carbocycles. The number of rotatable bonds is 5. The fourth-order valence-electron chi connectivity index (χ4n) is 3.63. The van der Waals surface area contributed by atoms with E-state index in [1.165, 1.54) is 12.1 Å². The molecule has 1 N–H and O–H groups in total. The second-order valence-electron chi connectivity index (χ2n) is 7.22. The van der Waals surface area contributed by atoms with E-state index in [4.69, 9.17) is 0 Å². The van der Waals surface area contributed by atoms with Gasteiger partial charge in [-0.15, -0.1) is 0 Å². The van der Waals surface area contributed by atoms with Crippen molar-refractivity contribution in [1.82, 2.24) is 19.7 Å². The Bertz CT molecular complexity index is 831. The standard InChI is InChI=1S/C21H27FN4O2/c1-4-23-21(28)26(15(2)3)14-19(27)25-13-12-24-11-5-6-18(24)20(25)16-7-9-17(22)10-8-16/h5-11,15,20H,4,12-14H2,1-3H3,(H,23,28)/t20-/m1/s1. The van der Waals surface area contributed by atoms with Gasteiger partial charge >= 0.3 is 6.03 Å². The number of halogens is 1. The molecule has 0 fully saturated rings. The van der Waals surface area contributed by atoms with E-state index in [0.717, 1.165) is 11.3 Å². The molecule has 150 valence electrons. The molecule has 3 rings (SSSR count). The molecule has 0 bridgehead atoms. The van der Waals surface area contributed by atoms with E-state index in [-0.39, 0.29) is 36.4 Å². The highest BCUT2D eigenvalue weighted by Crippen LogP contribution is 2.32. The minimum atomic E-state index is -0.310. The van der Waals surface area contributed by atoms with Gasteiger partial charge in [-0.3, -0.25) is 4.79 Å². The lowest BCUT2D eigenvalue weighted by atomic mass is 9.99. The molecule has 3 amide bonds. The van der Waals surface area contributed by atoms with Crippen molar-refractivity contribution in [1.29, 1.82) is 0 Å². The number of amides is 3. The Balaban J connectivity index is 1.89. The molecule has 1 aromatic heterocycles. The maximum absolute atomic E-state index is 13.4. The van der Waals surface area contributed by atoms with Crippen LogP contribution in [0.3, 0.4) is 0 Å². The van der Waals surface area contributed by atoms with Crippen LogP contribution in [0.25, 0.3) is 0 Å². The molecule has 1 aromatic carbocycles. The van der Waals surface area contributed by atoms with Gasteiger partial charge in [0.1, 0.15) is 12.4 Å². The zero-order chi connectivity index (χ0) is 20.3. The van der Waals surface area contributed by atoms with Crippen molar-refractivity contribution >= 4 is 11.9 Å². The third kappa shape index (κ3) is 4.03. The number of benzene rings is 1. The Labute approximate surface area is 164 Å². The number of urea groups is 1. The lowest BCUT2D eigenvalue weighted by molar-refractivity contribution is -0.134. The summed E-state index contributed by atoms with van der Waals surface area (Å²) in [6, 6.07) is 9.54. The smallest absolute Gasteiger partial charge is 0.318 e. The zero-order valence-electron chi connectivity index (χ0n) is 16.6. The quantitative estimate of drug-likeness (QED) is 0.859. The maximum Gasteiger partial charge on any atom is 0.318 e. The molecule has 6 nitrogen and oxygen atoms in total. The summed E-state index contributed by atoms with van der Waals surface area (Å²) in [5.41, 5.74) is 1.84. The normalized spacial score (nSPS) is 16.0. The van der Waals surface area contributed by atoms with Crippen molar-refractivity contribution in [3.63, 3.8) is 0 Å². The van der Waals surface area contributed by atoms with E-state index < -0.39 is 0 Å². The molecule has 1 atom stereocenters. The zero-order valence-corrected chi connectivity index (χ0v) is 16.6. The van der Waals surface area contributed by atoms with Crippen LogP contribution in [0.4, 0.5) is 9.18 Å². The Morgan fingerprint density at radius 2 is 1.93 bits per heavy atom. The fraction of sp³-hybridized carbons (Fsp3) is 0.429. The molecule has 2 aromatic rings. The molecule has 0 saturated heterocycles. The lowest BCUT2D eigenvalue weighted by Crippen LogP contribution is -2.51. The molecule has 7 heteroatoms. The molecule has 0 spiro atoms. The van der Waals surface area contributed by atoms with E-state index in [0.29, 0.717) is 19.6 Å². The molecule has 28 heavy (non-hydrogen) atoms. The summed E-state index contributed by atoms with van der Waals surface area (Å²) in [7, 11) is 0. The number of hydrogen-bond donors (Lipinski definition) is 1. The van der Waals surface area contributed by atoms with Gasteiger partial charge in [-0.2, -0.15) is 0 Å². The first kappa shape index (κ1) is 19.9. The van der Waals surface area contributed by atoms with Gasteiger partial charge in [0.15, 0.2) is 0 Å². The highest BCUT2D eigenvalue weighted by atomic mass is 19.1. The van der Waals surface area contributed by atoms with Gasteiger partial charge in [0.05, 0.1) is 6.04 Å². The summed E-state index contributed by atoms with van der Waals surface area (Å²) in [5, 5.41) is 2.77. The third-order valence-corrected chi connectivity index (χ3v) is 5.06. The van der Waals surface area contributed by atoms with Crippen LogP contribution < -0.4 is 5.32 Å². The number of hydrogen-bond acceptors (Lipinski definition) is 2. The molecule has 2 heterocycles. The van der Waals surface area contributed by atoms with Crippen molar-refractivity contribution < 1.29 is 14.0 Å². The van der Waals surface area contributed by atoms with Gasteiger partial charge in [0.25, 0.3) is 0 Å². The van der Waals surface area contributed by atoms with Gasteiger partial charge in [-0.1, -0.05) is 12.1 Å². The second-order valence-corrected chi connectivity index (χ2v) is 7.22. The first-order valence-electron chi connectivity index (χ1n) is 9.66. The van der Waals surface area contributed by atoms with E-state index in [2.05, 4.69) is 9.88 Å². The maximum atomic E-state index is 13.4. The van der Waals surface area contributed by atoms with Crippen LogP contribution in [0.2, 0.25) is 0 Å². The summed E-state index contributed by atoms with van der Waals surface area (Å²) >= 11 is 0. The summed E-state index contributed by atoms with van der Waals surface area (Å²) in [5.74, 6) is -0.434. The number of nitrogens with one attached hydrogen (secondary N) is 1. The third-order valence-electron chi connectivity index (χ3n) is 5.06. The van der Waals surface area contributed by atoms with Gasteiger partial charge in [-0.25, -0.2) is 9.18 Å². The molecule has 1 aliphatic heterocycles. The lowest BCUT2D eigenvalue weighted by Gasteiger charge is -2.39. The highest BCUT2D eigenvalue weighted by Gasteiger charge is 2.33. The molecule has 0 radical (unpaired) electrons. The van der Waals surface area contributed by atoms with Crippen LogP contribution in [-0.4, -0.2) is 52.0 Å². The molecule has 0 unspecified atom stereocenters. The number of nitrogens with zero attached hydrogens (tertiary/aromatic N) is 3. The van der Waals surface area contributed by atoms with Crippen molar-refractivity contribution in [2.45, 2.75) is 39.4 Å². The van der Waals surface area contributed by atoms with Crippen LogP contribution in [0.1, 0.15) is 38.1 Å². The molecule has 0 saturated carbocycles. The minimum absolute atomic E-state index is 0.00189. The van der Waals surface area contributed by atoms with Crippen LogP contribution in [-0.2, 0) is 11.3 Å². The highest BCUT2D eigenvalue weighted by molar-refractivity contribution is 5.85. The average molecular weight is 386 g/mol. The summed E-state index contributed by atoms with van der Waals surface area (Å²) in [6.45, 7) is 7.36. The van der Waals surface area contributed by atoms with Gasteiger partial charge in [-0.05, 0) is 50.6 Å². The van der Waals surface area contributed by atoms with Crippen LogP contribution in [0.5, 0.6) is 0 Å². The molecule has 1 aliphatic rings. The number of carbonyl (C=O) groups is 2. The average Bonchev–Trinajstić information content (AvgIpc) is 3.14. The monoisotopic (exact) mass is 386 g/mol. The van der Waals surface area contributed by atoms with E-state index in [1.807, 2.05) is 39.1 Å². The van der Waals surface area contributed by atoms with E-state index in [1.54, 1.807) is 21.9 Å². The van der Waals surface area contributed by atoms with Crippen LogP contribution in [0.15, 0.2) is 42.6 Å². The second kappa shape index (κ2) is 8.46. The topological polar surface area (TPSA) is 57.6 Å². The first-order chi connectivity index (χ1) is 13.4. The minimum Gasteiger partial charge on any atom is -0.348 e. The fourth-order valence-corrected chi connectivity index (χ4v) is 3.63. The van der Waals surface area contributed by atoms with Crippen LogP contribution in [0, 0.1) is 5.82 Å². The van der Waals surface area contributed by atoms with Crippen molar-refractivity contribution in [2.75, 3.05) is 19.6 Å². The Hall–Kier alpha value is -2.83. The van der Waals surface area contributed by atoms with Gasteiger partial charge in [0, 0.05) is 37.6 Å². The van der Waals surface area contributed by atoms with Crippen molar-refractivity contribution in [3.8, 4) is 0 Å². The molecular weight excluding hydrogens is 359 g/mol. The Morgan fingerprint density at radius 1 is 1.21 bits per heavy atom. The van der Waals surface area contributed by atoms with Gasteiger partial charge < -0.3 is 19.7 Å².